The van der Waals surface area contributed by atoms with Gasteiger partial charge in [-0.15, -0.1) is 0 Å². The van der Waals surface area contributed by atoms with Crippen LogP contribution in [0.5, 0.6) is 0 Å². The highest BCUT2D eigenvalue weighted by atomic mass is 35.5. The molecule has 2 amide bonds. The predicted octanol–water partition coefficient (Wildman–Crippen LogP) is 3.33. The molecule has 2 fully saturated rings. The van der Waals surface area contributed by atoms with Gasteiger partial charge in [0.15, 0.2) is 0 Å². The van der Waals surface area contributed by atoms with Crippen LogP contribution in [-0.2, 0) is 12.6 Å². The summed E-state index contributed by atoms with van der Waals surface area (Å²) < 4.78 is 1.62. The molecule has 0 radical (unpaired) electrons. The van der Waals surface area contributed by atoms with E-state index in [4.69, 9.17) is 11.6 Å². The molecule has 6 rings (SSSR count). The number of hydrogen-bond acceptors (Lipinski definition) is 5. The van der Waals surface area contributed by atoms with Crippen molar-refractivity contribution in [2.24, 2.45) is 12.5 Å². The monoisotopic (exact) mass is 476 g/mol. The van der Waals surface area contributed by atoms with E-state index in [2.05, 4.69) is 15.0 Å². The number of likely N-dealkylation sites (tertiary alicyclic amines) is 1. The summed E-state index contributed by atoms with van der Waals surface area (Å²) in [6.07, 6.45) is 5.22. The number of fused-ring (bicyclic) bond motifs is 1. The molecule has 2 saturated heterocycles. The molecule has 1 aromatic carbocycles. The van der Waals surface area contributed by atoms with Crippen LogP contribution in [0.25, 0.3) is 0 Å². The van der Waals surface area contributed by atoms with Crippen molar-refractivity contribution >= 4 is 34.8 Å². The Morgan fingerprint density at radius 2 is 1.76 bits per heavy atom. The molecule has 2 aromatic heterocycles. The van der Waals surface area contributed by atoms with E-state index in [0.29, 0.717) is 16.3 Å². The molecule has 3 aliphatic heterocycles. The third kappa shape index (κ3) is 2.98. The average molecular weight is 477 g/mol. The molecule has 0 saturated carbocycles. The molecule has 0 bridgehead atoms. The van der Waals surface area contributed by atoms with Gasteiger partial charge in [0.05, 0.1) is 29.3 Å². The smallest absolute Gasteiger partial charge is 0.272 e. The molecule has 3 aliphatic rings. The summed E-state index contributed by atoms with van der Waals surface area (Å²) in [7, 11) is 1.79. The van der Waals surface area contributed by atoms with Crippen LogP contribution in [0.2, 0.25) is 5.02 Å². The zero-order chi connectivity index (χ0) is 23.8. The number of carbonyl (C=O) groups excluding carboxylic acids is 2. The Bertz CT molecular complexity index is 1330. The zero-order valence-corrected chi connectivity index (χ0v) is 20.1. The number of amides is 2. The van der Waals surface area contributed by atoms with E-state index in [0.717, 1.165) is 43.1 Å². The highest BCUT2D eigenvalue weighted by Gasteiger charge is 2.53. The van der Waals surface area contributed by atoms with Crippen LogP contribution in [-0.4, -0.2) is 57.7 Å². The first-order valence-corrected chi connectivity index (χ1v) is 11.7. The number of carbonyl (C=O) groups is 2. The van der Waals surface area contributed by atoms with Gasteiger partial charge >= 0.3 is 0 Å². The normalized spacial score (nSPS) is 19.8. The number of nitrogens with zero attached hydrogens (tertiary/aromatic N) is 6. The lowest BCUT2D eigenvalue weighted by atomic mass is 9.72. The highest BCUT2D eigenvalue weighted by molar-refractivity contribution is 6.31. The van der Waals surface area contributed by atoms with Crippen LogP contribution >= 0.6 is 11.6 Å². The molecule has 0 N–H and O–H groups in total. The van der Waals surface area contributed by atoms with Gasteiger partial charge in [-0.1, -0.05) is 11.6 Å². The summed E-state index contributed by atoms with van der Waals surface area (Å²) in [6.45, 7) is 7.27. The second-order valence-corrected chi connectivity index (χ2v) is 10.6. The van der Waals surface area contributed by atoms with Crippen molar-refractivity contribution in [3.8, 4) is 0 Å². The Balaban J connectivity index is 1.17. The van der Waals surface area contributed by atoms with Gasteiger partial charge in [0.1, 0.15) is 5.69 Å². The van der Waals surface area contributed by atoms with E-state index in [1.54, 1.807) is 47.2 Å². The fourth-order valence-corrected chi connectivity index (χ4v) is 5.83. The van der Waals surface area contributed by atoms with Crippen LogP contribution < -0.4 is 9.80 Å². The summed E-state index contributed by atoms with van der Waals surface area (Å²) in [5, 5.41) is 4.72. The van der Waals surface area contributed by atoms with E-state index in [1.165, 1.54) is 0 Å². The number of rotatable bonds is 3. The minimum atomic E-state index is -0.533. The number of hydrogen-bond donors (Lipinski definition) is 0. The van der Waals surface area contributed by atoms with Crippen LogP contribution in [0, 0.1) is 5.41 Å². The molecule has 34 heavy (non-hydrogen) atoms. The van der Waals surface area contributed by atoms with Gasteiger partial charge in [0, 0.05) is 55.4 Å². The van der Waals surface area contributed by atoms with Gasteiger partial charge in [-0.3, -0.25) is 24.2 Å². The number of halogens is 1. The Kier molecular flexibility index (Phi) is 4.39. The van der Waals surface area contributed by atoms with Crippen molar-refractivity contribution in [3.05, 3.63) is 70.8 Å². The SMILES string of the molecule is Cn1nccc1C(=O)N1CC2(C1)CN(c1cncc(N3C(=O)c4ccc(Cl)cc4C3(C)C)c1)C2. The number of anilines is 2. The lowest BCUT2D eigenvalue weighted by molar-refractivity contribution is -0.0112. The Hall–Kier alpha value is -3.39. The van der Waals surface area contributed by atoms with Crippen LogP contribution in [0.3, 0.4) is 0 Å². The largest absolute Gasteiger partial charge is 0.369 e. The maximum atomic E-state index is 13.3. The fourth-order valence-electron chi connectivity index (χ4n) is 5.65. The molecule has 0 aliphatic carbocycles. The summed E-state index contributed by atoms with van der Waals surface area (Å²) in [5.41, 5.74) is 3.55. The summed E-state index contributed by atoms with van der Waals surface area (Å²) in [6, 6.07) is 9.22. The first kappa shape index (κ1) is 21.2. The topological polar surface area (TPSA) is 74.6 Å². The van der Waals surface area contributed by atoms with Gasteiger partial charge in [-0.2, -0.15) is 5.10 Å². The molecule has 0 unspecified atom stereocenters. The van der Waals surface area contributed by atoms with Crippen molar-refractivity contribution in [1.82, 2.24) is 19.7 Å². The molecule has 1 spiro atoms. The number of aromatic nitrogens is 3. The lowest BCUT2D eigenvalue weighted by Crippen LogP contribution is -2.73. The maximum Gasteiger partial charge on any atom is 0.272 e. The molecule has 5 heterocycles. The molecular weight excluding hydrogens is 452 g/mol. The number of benzene rings is 1. The Morgan fingerprint density at radius 1 is 1.03 bits per heavy atom. The van der Waals surface area contributed by atoms with Gasteiger partial charge < -0.3 is 9.80 Å². The predicted molar refractivity (Wildman–Crippen MR) is 129 cm³/mol. The van der Waals surface area contributed by atoms with Crippen molar-refractivity contribution in [3.63, 3.8) is 0 Å². The summed E-state index contributed by atoms with van der Waals surface area (Å²) >= 11 is 6.22. The quantitative estimate of drug-likeness (QED) is 0.579. The summed E-state index contributed by atoms with van der Waals surface area (Å²) in [5.74, 6) is -0.0128. The minimum Gasteiger partial charge on any atom is -0.369 e. The van der Waals surface area contributed by atoms with Crippen LogP contribution in [0.1, 0.15) is 40.3 Å². The number of pyridine rings is 1. The molecule has 0 atom stereocenters. The third-order valence-electron chi connectivity index (χ3n) is 7.40. The van der Waals surface area contributed by atoms with Crippen molar-refractivity contribution in [1.29, 1.82) is 0 Å². The standard InChI is InChI=1S/C25H25ClN6O2/c1-24(2)20-8-16(26)4-5-19(20)22(33)32(24)18-9-17(10-27-11-18)30-12-25(13-30)14-31(15-25)23(34)21-6-7-28-29(21)3/h4-11H,12-15H2,1-3H3. The van der Waals surface area contributed by atoms with Crippen molar-refractivity contribution < 1.29 is 9.59 Å². The molecular formula is C25H25ClN6O2. The molecule has 9 heteroatoms. The Labute approximate surface area is 202 Å². The van der Waals surface area contributed by atoms with Gasteiger partial charge in [-0.25, -0.2) is 0 Å². The Morgan fingerprint density at radius 3 is 2.47 bits per heavy atom. The van der Waals surface area contributed by atoms with Crippen molar-refractivity contribution in [2.45, 2.75) is 19.4 Å². The molecule has 8 nitrogen and oxygen atoms in total. The summed E-state index contributed by atoms with van der Waals surface area (Å²) in [4.78, 5) is 36.4. The van der Waals surface area contributed by atoms with Gasteiger partial charge in [-0.05, 0) is 49.7 Å². The first-order chi connectivity index (χ1) is 16.2. The van der Waals surface area contributed by atoms with Crippen LogP contribution in [0.4, 0.5) is 11.4 Å². The van der Waals surface area contributed by atoms with E-state index in [-0.39, 0.29) is 17.2 Å². The van der Waals surface area contributed by atoms with E-state index >= 15 is 0 Å². The number of aryl methyl sites for hydroxylation is 1. The fraction of sp³-hybridized carbons (Fsp3) is 0.360. The molecule has 174 valence electrons. The lowest BCUT2D eigenvalue weighted by Gasteiger charge is -2.60. The first-order valence-electron chi connectivity index (χ1n) is 11.3. The maximum absolute atomic E-state index is 13.3. The highest BCUT2D eigenvalue weighted by Crippen LogP contribution is 2.45. The third-order valence-corrected chi connectivity index (χ3v) is 7.63. The average Bonchev–Trinajstić information content (AvgIpc) is 3.25. The van der Waals surface area contributed by atoms with Crippen LogP contribution in [0.15, 0.2) is 48.9 Å². The van der Waals surface area contributed by atoms with E-state index in [9.17, 15) is 9.59 Å². The van der Waals surface area contributed by atoms with Gasteiger partial charge in [0.2, 0.25) is 0 Å². The minimum absolute atomic E-state index is 0.0298. The van der Waals surface area contributed by atoms with Crippen molar-refractivity contribution in [2.75, 3.05) is 36.0 Å². The zero-order valence-electron chi connectivity index (χ0n) is 19.3. The van der Waals surface area contributed by atoms with E-state index in [1.807, 2.05) is 37.1 Å². The second-order valence-electron chi connectivity index (χ2n) is 10.1. The molecule has 3 aromatic rings. The second kappa shape index (κ2) is 7.06. The van der Waals surface area contributed by atoms with Gasteiger partial charge in [0.25, 0.3) is 11.8 Å². The van der Waals surface area contributed by atoms with E-state index < -0.39 is 5.54 Å².